The number of halogens is 3. The lowest BCUT2D eigenvalue weighted by Crippen LogP contribution is -2.43. The minimum atomic E-state index is -4.66. The fraction of sp³-hybridized carbons (Fsp3) is 0.583. The Balaban J connectivity index is 2.41. The Morgan fingerprint density at radius 1 is 1.43 bits per heavy atom. The second-order valence-electron chi connectivity index (χ2n) is 5.16. The van der Waals surface area contributed by atoms with Gasteiger partial charge in [-0.1, -0.05) is 12.8 Å². The van der Waals surface area contributed by atoms with Gasteiger partial charge in [0, 0.05) is 12.1 Å². The van der Waals surface area contributed by atoms with Crippen LogP contribution in [0.5, 0.6) is 0 Å². The zero-order valence-electron chi connectivity index (χ0n) is 11.1. The largest absolute Gasteiger partial charge is 0.433 e. The Kier molecular flexibility index (Phi) is 4.04. The molecule has 9 heteroatoms. The molecule has 0 atom stereocenters. The van der Waals surface area contributed by atoms with Crippen LogP contribution in [0.15, 0.2) is 12.3 Å². The van der Waals surface area contributed by atoms with E-state index in [1.807, 2.05) is 0 Å². The van der Waals surface area contributed by atoms with Crippen LogP contribution in [0, 0.1) is 10.1 Å². The van der Waals surface area contributed by atoms with Crippen LogP contribution in [0.2, 0.25) is 0 Å². The van der Waals surface area contributed by atoms with Crippen molar-refractivity contribution in [2.24, 2.45) is 5.73 Å². The van der Waals surface area contributed by atoms with Crippen LogP contribution in [0.4, 0.5) is 24.5 Å². The monoisotopic (exact) mass is 304 g/mol. The van der Waals surface area contributed by atoms with Crippen LogP contribution >= 0.6 is 0 Å². The first-order chi connectivity index (χ1) is 9.77. The average Bonchev–Trinajstić information content (AvgIpc) is 2.86. The number of nitrogens with two attached hydrogens (primary N) is 1. The number of anilines is 1. The highest BCUT2D eigenvalue weighted by molar-refractivity contribution is 5.62. The molecular formula is C12H15F3N4O2. The molecule has 6 nitrogen and oxygen atoms in total. The Hall–Kier alpha value is -1.90. The van der Waals surface area contributed by atoms with Crippen LogP contribution in [0.1, 0.15) is 31.4 Å². The molecule has 21 heavy (non-hydrogen) atoms. The van der Waals surface area contributed by atoms with E-state index in [0.717, 1.165) is 12.8 Å². The molecule has 1 fully saturated rings. The zero-order chi connectivity index (χ0) is 15.7. The summed E-state index contributed by atoms with van der Waals surface area (Å²) in [5.74, 6) is 0. The first-order valence-corrected chi connectivity index (χ1v) is 6.47. The molecule has 1 heterocycles. The Labute approximate surface area is 118 Å². The average molecular weight is 304 g/mol. The highest BCUT2D eigenvalue weighted by atomic mass is 19.4. The highest BCUT2D eigenvalue weighted by Gasteiger charge is 2.37. The number of rotatable bonds is 4. The Bertz CT molecular complexity index is 542. The first-order valence-electron chi connectivity index (χ1n) is 6.47. The number of alkyl halides is 3. The van der Waals surface area contributed by atoms with Gasteiger partial charge in [-0.25, -0.2) is 4.98 Å². The van der Waals surface area contributed by atoms with Crippen LogP contribution < -0.4 is 11.1 Å². The second-order valence-corrected chi connectivity index (χ2v) is 5.16. The maximum atomic E-state index is 12.7. The van der Waals surface area contributed by atoms with E-state index < -0.39 is 28.0 Å². The number of hydrogen-bond acceptors (Lipinski definition) is 5. The van der Waals surface area contributed by atoms with E-state index in [0.29, 0.717) is 25.1 Å². The van der Waals surface area contributed by atoms with Crippen LogP contribution in [0.25, 0.3) is 0 Å². The maximum absolute atomic E-state index is 12.7. The summed E-state index contributed by atoms with van der Waals surface area (Å²) in [6.07, 6.45) is -0.916. The van der Waals surface area contributed by atoms with Crippen LogP contribution in [0.3, 0.4) is 0 Å². The lowest BCUT2D eigenvalue weighted by Gasteiger charge is -2.29. The molecule has 0 radical (unpaired) electrons. The van der Waals surface area contributed by atoms with Crippen LogP contribution in [-0.4, -0.2) is 22.0 Å². The summed E-state index contributed by atoms with van der Waals surface area (Å²) in [6, 6.07) is 0.674. The van der Waals surface area contributed by atoms with Crippen molar-refractivity contribution in [1.29, 1.82) is 0 Å². The number of nitrogens with one attached hydrogen (secondary N) is 1. The molecule has 1 saturated carbocycles. The minimum Gasteiger partial charge on any atom is -0.373 e. The van der Waals surface area contributed by atoms with E-state index in [2.05, 4.69) is 10.3 Å². The van der Waals surface area contributed by atoms with Crippen molar-refractivity contribution < 1.29 is 18.1 Å². The van der Waals surface area contributed by atoms with Gasteiger partial charge in [0.1, 0.15) is 17.6 Å². The van der Waals surface area contributed by atoms with E-state index in [-0.39, 0.29) is 12.2 Å². The molecule has 0 unspecified atom stereocenters. The Morgan fingerprint density at radius 2 is 2.05 bits per heavy atom. The van der Waals surface area contributed by atoms with Crippen molar-refractivity contribution in [2.75, 3.05) is 11.9 Å². The number of aromatic nitrogens is 1. The van der Waals surface area contributed by atoms with E-state index in [9.17, 15) is 23.3 Å². The van der Waals surface area contributed by atoms with Gasteiger partial charge in [0.05, 0.1) is 4.92 Å². The quantitative estimate of drug-likeness (QED) is 0.659. The normalized spacial score (nSPS) is 17.7. The molecule has 0 saturated heterocycles. The number of nitro groups is 1. The fourth-order valence-electron chi connectivity index (χ4n) is 2.57. The third kappa shape index (κ3) is 3.23. The van der Waals surface area contributed by atoms with Gasteiger partial charge in [-0.3, -0.25) is 10.1 Å². The number of pyridine rings is 1. The van der Waals surface area contributed by atoms with E-state index in [4.69, 9.17) is 5.73 Å². The summed E-state index contributed by atoms with van der Waals surface area (Å²) in [7, 11) is 0. The van der Waals surface area contributed by atoms with Crippen LogP contribution in [-0.2, 0) is 6.18 Å². The summed E-state index contributed by atoms with van der Waals surface area (Å²) in [5, 5.41) is 13.8. The van der Waals surface area contributed by atoms with Crippen molar-refractivity contribution in [3.8, 4) is 0 Å². The molecule has 1 aliphatic carbocycles. The van der Waals surface area contributed by atoms with Gasteiger partial charge in [-0.2, -0.15) is 13.2 Å². The molecule has 1 aromatic heterocycles. The molecule has 0 aromatic carbocycles. The SMILES string of the molecule is NCC1(Nc2cc(C(F)(F)F)ncc2[N+](=O)[O-])CCCC1. The summed E-state index contributed by atoms with van der Waals surface area (Å²) in [4.78, 5) is 13.3. The molecule has 0 aliphatic heterocycles. The number of nitrogens with zero attached hydrogens (tertiary/aromatic N) is 2. The summed E-state index contributed by atoms with van der Waals surface area (Å²) in [5.41, 5.74) is 3.27. The summed E-state index contributed by atoms with van der Waals surface area (Å²) < 4.78 is 38.1. The smallest absolute Gasteiger partial charge is 0.373 e. The van der Waals surface area contributed by atoms with E-state index in [1.165, 1.54) is 0 Å². The first kappa shape index (κ1) is 15.5. The third-order valence-electron chi connectivity index (χ3n) is 3.72. The van der Waals surface area contributed by atoms with Gasteiger partial charge >= 0.3 is 11.9 Å². The fourth-order valence-corrected chi connectivity index (χ4v) is 2.57. The molecule has 3 N–H and O–H groups in total. The predicted octanol–water partition coefficient (Wildman–Crippen LogP) is 2.69. The molecular weight excluding hydrogens is 289 g/mol. The lowest BCUT2D eigenvalue weighted by molar-refractivity contribution is -0.384. The third-order valence-corrected chi connectivity index (χ3v) is 3.72. The van der Waals surface area contributed by atoms with Gasteiger partial charge < -0.3 is 11.1 Å². The molecule has 116 valence electrons. The Morgan fingerprint density at radius 3 is 2.52 bits per heavy atom. The van der Waals surface area contributed by atoms with Crippen molar-refractivity contribution in [1.82, 2.24) is 4.98 Å². The van der Waals surface area contributed by atoms with Gasteiger partial charge in [0.15, 0.2) is 0 Å². The molecule has 1 aliphatic rings. The minimum absolute atomic E-state index is 0.185. The van der Waals surface area contributed by atoms with Gasteiger partial charge in [0.25, 0.3) is 0 Å². The zero-order valence-corrected chi connectivity index (χ0v) is 11.1. The highest BCUT2D eigenvalue weighted by Crippen LogP contribution is 2.37. The lowest BCUT2D eigenvalue weighted by atomic mass is 9.97. The van der Waals surface area contributed by atoms with Gasteiger partial charge in [-0.15, -0.1) is 0 Å². The molecule has 0 amide bonds. The number of hydrogen-bond donors (Lipinski definition) is 2. The van der Waals surface area contributed by atoms with E-state index >= 15 is 0 Å². The van der Waals surface area contributed by atoms with Gasteiger partial charge in [0.2, 0.25) is 0 Å². The molecule has 0 spiro atoms. The second kappa shape index (κ2) is 5.47. The van der Waals surface area contributed by atoms with Gasteiger partial charge in [-0.05, 0) is 18.9 Å². The van der Waals surface area contributed by atoms with Crippen molar-refractivity contribution in [2.45, 2.75) is 37.4 Å². The summed E-state index contributed by atoms with van der Waals surface area (Å²) in [6.45, 7) is 0.202. The molecule has 0 bridgehead atoms. The van der Waals surface area contributed by atoms with Crippen molar-refractivity contribution >= 4 is 11.4 Å². The molecule has 2 rings (SSSR count). The van der Waals surface area contributed by atoms with E-state index in [1.54, 1.807) is 0 Å². The predicted molar refractivity (Wildman–Crippen MR) is 69.8 cm³/mol. The summed E-state index contributed by atoms with van der Waals surface area (Å²) >= 11 is 0. The molecule has 1 aromatic rings. The standard InChI is InChI=1S/C12H15F3N4O2/c13-12(14,15)10-5-8(9(6-17-10)19(20)21)18-11(7-16)3-1-2-4-11/h5-6H,1-4,7,16H2,(H,17,18). The van der Waals surface area contributed by atoms with Crippen molar-refractivity contribution in [3.05, 3.63) is 28.1 Å². The maximum Gasteiger partial charge on any atom is 0.433 e. The van der Waals surface area contributed by atoms with Crippen molar-refractivity contribution in [3.63, 3.8) is 0 Å². The topological polar surface area (TPSA) is 94.1 Å².